The molecule has 2 atom stereocenters. The molecule has 5 rings (SSSR count). The molecule has 36 heavy (non-hydrogen) atoms. The maximum Gasteiger partial charge on any atom is 0.218 e. The first-order valence-corrected chi connectivity index (χ1v) is 13.8. The Morgan fingerprint density at radius 3 is 2.89 bits per heavy atom. The summed E-state index contributed by atoms with van der Waals surface area (Å²) >= 11 is 7.93. The van der Waals surface area contributed by atoms with E-state index in [0.717, 1.165) is 68.4 Å². The summed E-state index contributed by atoms with van der Waals surface area (Å²) in [5, 5.41) is 15.3. The monoisotopic (exact) mass is 526 g/mol. The van der Waals surface area contributed by atoms with Crippen molar-refractivity contribution in [1.29, 1.82) is 5.26 Å². The van der Waals surface area contributed by atoms with Crippen molar-refractivity contribution in [1.82, 2.24) is 20.0 Å². The molecule has 190 valence electrons. The van der Waals surface area contributed by atoms with Crippen LogP contribution < -0.4 is 10.5 Å². The van der Waals surface area contributed by atoms with Crippen molar-refractivity contribution in [2.75, 3.05) is 25.9 Å². The van der Waals surface area contributed by atoms with Gasteiger partial charge in [0.25, 0.3) is 0 Å². The lowest BCUT2D eigenvalue weighted by molar-refractivity contribution is 0.175. The predicted octanol–water partition coefficient (Wildman–Crippen LogP) is 5.37. The molecule has 8 nitrogen and oxygen atoms in total. The predicted molar refractivity (Wildman–Crippen MR) is 141 cm³/mol. The van der Waals surface area contributed by atoms with Crippen molar-refractivity contribution in [3.05, 3.63) is 38.5 Å². The maximum absolute atomic E-state index is 9.96. The van der Waals surface area contributed by atoms with E-state index in [-0.39, 0.29) is 6.04 Å². The minimum Gasteiger partial charge on any atom is -0.476 e. The Hall–Kier alpha value is -2.67. The average molecular weight is 527 g/mol. The van der Waals surface area contributed by atoms with Gasteiger partial charge in [0.15, 0.2) is 17.3 Å². The Labute approximate surface area is 220 Å². The summed E-state index contributed by atoms with van der Waals surface area (Å²) in [4.78, 5) is 12.5. The second-order valence-corrected chi connectivity index (χ2v) is 11.3. The summed E-state index contributed by atoms with van der Waals surface area (Å²) in [6, 6.07) is 4.23. The second kappa shape index (κ2) is 10.0. The van der Waals surface area contributed by atoms with Crippen LogP contribution in [0, 0.1) is 11.3 Å². The number of aromatic nitrogens is 3. The Morgan fingerprint density at radius 1 is 1.31 bits per heavy atom. The van der Waals surface area contributed by atoms with Crippen LogP contribution in [0.25, 0.3) is 11.5 Å². The van der Waals surface area contributed by atoms with Gasteiger partial charge in [-0.2, -0.15) is 10.2 Å². The molecule has 0 fully saturated rings. The summed E-state index contributed by atoms with van der Waals surface area (Å²) in [6.45, 7) is 5.63. The van der Waals surface area contributed by atoms with E-state index < -0.39 is 5.41 Å². The quantitative estimate of drug-likeness (QED) is 0.426. The number of likely N-dealkylation sites (N-methyl/N-ethyl adjacent to an activating group) is 1. The molecule has 0 radical (unpaired) electrons. The lowest BCUT2D eigenvalue weighted by atomic mass is 9.66. The summed E-state index contributed by atoms with van der Waals surface area (Å²) in [5.74, 6) is 1.64. The molecule has 2 aliphatic carbocycles. The molecule has 0 saturated heterocycles. The summed E-state index contributed by atoms with van der Waals surface area (Å²) in [7, 11) is 2.06. The Kier molecular flexibility index (Phi) is 6.95. The number of nitrogens with two attached hydrogens (primary N) is 1. The highest BCUT2D eigenvalue weighted by Gasteiger charge is 2.47. The van der Waals surface area contributed by atoms with Crippen LogP contribution in [0.4, 0.5) is 5.00 Å². The van der Waals surface area contributed by atoms with Gasteiger partial charge >= 0.3 is 0 Å². The number of halogens is 1. The number of fused-ring (bicyclic) bond motifs is 4. The zero-order valence-corrected chi connectivity index (χ0v) is 22.5. The van der Waals surface area contributed by atoms with Gasteiger partial charge in [0.2, 0.25) is 5.88 Å². The second-order valence-electron chi connectivity index (χ2n) is 9.82. The van der Waals surface area contributed by atoms with E-state index in [1.807, 2.05) is 0 Å². The number of nitrogen functional groups attached to an aromatic ring is 1. The fourth-order valence-corrected chi connectivity index (χ4v) is 6.93. The van der Waals surface area contributed by atoms with Crippen LogP contribution >= 0.6 is 22.9 Å². The molecule has 2 N–H and O–H groups in total. The molecule has 3 heterocycles. The molecule has 10 heteroatoms. The maximum atomic E-state index is 9.96. The van der Waals surface area contributed by atoms with E-state index in [0.29, 0.717) is 39.7 Å². The number of anilines is 1. The number of hydrogen-bond donors (Lipinski definition) is 1. The molecule has 3 aromatic heterocycles. The molecule has 0 aromatic carbocycles. The number of thiophene rings is 1. The van der Waals surface area contributed by atoms with E-state index >= 15 is 0 Å². The minimum absolute atomic E-state index is 0.225. The van der Waals surface area contributed by atoms with E-state index in [9.17, 15) is 5.26 Å². The van der Waals surface area contributed by atoms with Crippen molar-refractivity contribution in [2.45, 2.75) is 70.3 Å². The van der Waals surface area contributed by atoms with Crippen LogP contribution in [-0.2, 0) is 18.3 Å². The summed E-state index contributed by atoms with van der Waals surface area (Å²) in [5.41, 5.74) is 9.14. The number of aryl methyl sites for hydroxylation is 1. The zero-order chi connectivity index (χ0) is 25.4. The molecule has 0 amide bonds. The van der Waals surface area contributed by atoms with Gasteiger partial charge in [-0.15, -0.1) is 11.3 Å². The van der Waals surface area contributed by atoms with Crippen molar-refractivity contribution in [3.8, 4) is 23.5 Å². The van der Waals surface area contributed by atoms with Gasteiger partial charge in [-0.3, -0.25) is 0 Å². The molecule has 3 aromatic rings. The first-order valence-electron chi connectivity index (χ1n) is 12.6. The van der Waals surface area contributed by atoms with Crippen molar-refractivity contribution < 1.29 is 9.26 Å². The third-order valence-electron chi connectivity index (χ3n) is 7.72. The lowest BCUT2D eigenvalue weighted by Crippen LogP contribution is -2.33. The third kappa shape index (κ3) is 4.25. The van der Waals surface area contributed by atoms with Gasteiger partial charge in [0.1, 0.15) is 22.8 Å². The molecule has 0 aliphatic heterocycles. The molecular weight excluding hydrogens is 496 g/mol. The van der Waals surface area contributed by atoms with Crippen molar-refractivity contribution >= 4 is 27.9 Å². The summed E-state index contributed by atoms with van der Waals surface area (Å²) < 4.78 is 12.1. The molecular formula is C26H31ClN6O2S. The molecule has 0 saturated carbocycles. The zero-order valence-electron chi connectivity index (χ0n) is 20.9. The van der Waals surface area contributed by atoms with Gasteiger partial charge in [-0.05, 0) is 64.6 Å². The first-order chi connectivity index (χ1) is 17.4. The van der Waals surface area contributed by atoms with Crippen molar-refractivity contribution in [3.63, 3.8) is 0 Å². The largest absolute Gasteiger partial charge is 0.476 e. The van der Waals surface area contributed by atoms with Gasteiger partial charge in [0, 0.05) is 22.5 Å². The van der Waals surface area contributed by atoms with Crippen LogP contribution in [0.5, 0.6) is 5.88 Å². The van der Waals surface area contributed by atoms with E-state index in [4.69, 9.17) is 26.6 Å². The number of nitriles is 1. The Morgan fingerprint density at radius 2 is 2.11 bits per heavy atom. The number of nitrogens with zero attached hydrogens (tertiary/aromatic N) is 5. The molecule has 2 aliphatic rings. The Balaban J connectivity index is 1.56. The van der Waals surface area contributed by atoms with Gasteiger partial charge in [-0.1, -0.05) is 30.1 Å². The smallest absolute Gasteiger partial charge is 0.218 e. The van der Waals surface area contributed by atoms with E-state index in [1.54, 1.807) is 6.07 Å². The Bertz CT molecular complexity index is 1310. The normalized spacial score (nSPS) is 20.0. The number of hydrogen-bond acceptors (Lipinski definition) is 9. The molecule has 1 spiro atoms. The van der Waals surface area contributed by atoms with Crippen LogP contribution in [0.15, 0.2) is 10.6 Å². The van der Waals surface area contributed by atoms with Gasteiger partial charge < -0.3 is 19.9 Å². The highest BCUT2D eigenvalue weighted by atomic mass is 35.5. The van der Waals surface area contributed by atoms with E-state index in [2.05, 4.69) is 47.0 Å². The van der Waals surface area contributed by atoms with E-state index in [1.165, 1.54) is 16.2 Å². The topological polar surface area (TPSA) is 114 Å². The highest BCUT2D eigenvalue weighted by molar-refractivity contribution is 7.16. The highest BCUT2D eigenvalue weighted by Crippen LogP contribution is 2.54. The van der Waals surface area contributed by atoms with Crippen molar-refractivity contribution in [2.24, 2.45) is 0 Å². The van der Waals surface area contributed by atoms with Gasteiger partial charge in [0.05, 0.1) is 11.0 Å². The average Bonchev–Trinajstić information content (AvgIpc) is 3.40. The van der Waals surface area contributed by atoms with Crippen LogP contribution in [-0.4, -0.2) is 46.3 Å². The number of rotatable bonds is 6. The third-order valence-corrected chi connectivity index (χ3v) is 8.99. The number of ether oxygens (including phenoxy) is 1. The van der Waals surface area contributed by atoms with Crippen LogP contribution in [0.1, 0.15) is 73.3 Å². The van der Waals surface area contributed by atoms with Crippen LogP contribution in [0.3, 0.4) is 0 Å². The standard InChI is InChI=1S/C26H31ClN6O2S/c1-4-33(3)15(2)14-34-20-12-19(27)30-25(31-20)22-16-8-5-6-10-26(23(16)35-32-22)11-7-9-18-21(26)17(13-28)24(29)36-18/h12,15H,4-11,14,29H2,1-3H3. The first kappa shape index (κ1) is 25.0. The lowest BCUT2D eigenvalue weighted by Gasteiger charge is -2.35. The molecule has 0 bridgehead atoms. The SMILES string of the molecule is CCN(C)C(C)COc1cc(Cl)nc(-c2noc3c2CCCCC32CCCc3sc(N)c(C#N)c32)n1. The fourth-order valence-electron chi connectivity index (χ4n) is 5.60. The molecule has 2 unspecified atom stereocenters. The summed E-state index contributed by atoms with van der Waals surface area (Å²) in [6.07, 6.45) is 6.58. The van der Waals surface area contributed by atoms with Gasteiger partial charge in [-0.25, -0.2) is 4.98 Å². The fraction of sp³-hybridized carbons (Fsp3) is 0.538. The van der Waals surface area contributed by atoms with Crippen LogP contribution in [0.2, 0.25) is 5.15 Å². The minimum atomic E-state index is -0.401.